The number of nitrogens with zero attached hydrogens (tertiary/aromatic N) is 2. The molecule has 0 bridgehead atoms. The second kappa shape index (κ2) is 6.03. The molecule has 0 aliphatic carbocycles. The summed E-state index contributed by atoms with van der Waals surface area (Å²) in [6.07, 6.45) is 1.07. The maximum atomic E-state index is 5.61. The van der Waals surface area contributed by atoms with Gasteiger partial charge in [-0.3, -0.25) is 4.68 Å². The molecule has 1 rings (SSSR count). The standard InChI is InChI=1S/C9H14BrClN2S/c1-7-9(10)8(13(2)12-7)6-14-5-3-4-11/h3-6H2,1-2H3. The molecule has 0 spiro atoms. The highest BCUT2D eigenvalue weighted by molar-refractivity contribution is 9.10. The monoisotopic (exact) mass is 296 g/mol. The molecule has 1 aromatic rings. The molecule has 0 N–H and O–H groups in total. The van der Waals surface area contributed by atoms with Gasteiger partial charge >= 0.3 is 0 Å². The quantitative estimate of drug-likeness (QED) is 0.613. The van der Waals surface area contributed by atoms with Crippen molar-refractivity contribution in [2.24, 2.45) is 7.05 Å². The van der Waals surface area contributed by atoms with Crippen LogP contribution in [0.3, 0.4) is 0 Å². The Hall–Kier alpha value is 0.330. The van der Waals surface area contributed by atoms with E-state index in [0.29, 0.717) is 0 Å². The molecular weight excluding hydrogens is 284 g/mol. The molecular formula is C9H14BrClN2S. The summed E-state index contributed by atoms with van der Waals surface area (Å²) in [6, 6.07) is 0. The Labute approximate surface area is 103 Å². The largest absolute Gasteiger partial charge is 0.270 e. The third kappa shape index (κ3) is 3.17. The lowest BCUT2D eigenvalue weighted by molar-refractivity contribution is 0.727. The summed E-state index contributed by atoms with van der Waals surface area (Å²) in [5, 5.41) is 4.34. The number of rotatable bonds is 5. The summed E-state index contributed by atoms with van der Waals surface area (Å²) in [4.78, 5) is 0. The average molecular weight is 298 g/mol. The first-order valence-electron chi connectivity index (χ1n) is 4.48. The normalized spacial score (nSPS) is 10.9. The van der Waals surface area contributed by atoms with Crippen LogP contribution < -0.4 is 0 Å². The van der Waals surface area contributed by atoms with E-state index in [-0.39, 0.29) is 0 Å². The first kappa shape index (κ1) is 12.4. The van der Waals surface area contributed by atoms with E-state index in [2.05, 4.69) is 21.0 Å². The van der Waals surface area contributed by atoms with E-state index in [9.17, 15) is 0 Å². The molecule has 0 saturated carbocycles. The van der Waals surface area contributed by atoms with Crippen molar-refractivity contribution in [2.45, 2.75) is 19.1 Å². The summed E-state index contributed by atoms with van der Waals surface area (Å²) in [5.74, 6) is 2.85. The van der Waals surface area contributed by atoms with E-state index < -0.39 is 0 Å². The van der Waals surface area contributed by atoms with Crippen molar-refractivity contribution in [2.75, 3.05) is 11.6 Å². The van der Waals surface area contributed by atoms with Crippen molar-refractivity contribution in [1.82, 2.24) is 9.78 Å². The number of thioether (sulfide) groups is 1. The van der Waals surface area contributed by atoms with Crippen LogP contribution in [-0.4, -0.2) is 21.4 Å². The maximum absolute atomic E-state index is 5.61. The van der Waals surface area contributed by atoms with Crippen molar-refractivity contribution >= 4 is 39.3 Å². The van der Waals surface area contributed by atoms with Crippen LogP contribution in [0, 0.1) is 6.92 Å². The molecule has 0 atom stereocenters. The Kier molecular flexibility index (Phi) is 5.34. The lowest BCUT2D eigenvalue weighted by Gasteiger charge is -2.02. The van der Waals surface area contributed by atoms with Crippen molar-refractivity contribution in [3.63, 3.8) is 0 Å². The van der Waals surface area contributed by atoms with Crippen LogP contribution in [-0.2, 0) is 12.8 Å². The lowest BCUT2D eigenvalue weighted by Crippen LogP contribution is -1.97. The molecule has 80 valence electrons. The Morgan fingerprint density at radius 2 is 2.29 bits per heavy atom. The lowest BCUT2D eigenvalue weighted by atomic mass is 10.4. The third-order valence-electron chi connectivity index (χ3n) is 1.92. The zero-order valence-electron chi connectivity index (χ0n) is 8.39. The van der Waals surface area contributed by atoms with Gasteiger partial charge < -0.3 is 0 Å². The van der Waals surface area contributed by atoms with Crippen LogP contribution in [0.4, 0.5) is 0 Å². The molecule has 5 heteroatoms. The molecule has 0 aromatic carbocycles. The van der Waals surface area contributed by atoms with Gasteiger partial charge in [-0.2, -0.15) is 16.9 Å². The topological polar surface area (TPSA) is 17.8 Å². The van der Waals surface area contributed by atoms with E-state index in [1.807, 2.05) is 30.4 Å². The molecule has 0 unspecified atom stereocenters. The highest BCUT2D eigenvalue weighted by Crippen LogP contribution is 2.24. The first-order chi connectivity index (χ1) is 6.66. The number of aromatic nitrogens is 2. The number of hydrogen-bond acceptors (Lipinski definition) is 2. The SMILES string of the molecule is Cc1nn(C)c(CSCCCCl)c1Br. The first-order valence-corrected chi connectivity index (χ1v) is 6.96. The van der Waals surface area contributed by atoms with Gasteiger partial charge in [0.05, 0.1) is 15.9 Å². The molecule has 1 heterocycles. The van der Waals surface area contributed by atoms with E-state index in [1.54, 1.807) is 0 Å². The van der Waals surface area contributed by atoms with E-state index in [0.717, 1.165) is 34.0 Å². The average Bonchev–Trinajstić information content (AvgIpc) is 2.38. The Morgan fingerprint density at radius 3 is 2.79 bits per heavy atom. The van der Waals surface area contributed by atoms with E-state index in [4.69, 9.17) is 11.6 Å². The van der Waals surface area contributed by atoms with Crippen LogP contribution >= 0.6 is 39.3 Å². The van der Waals surface area contributed by atoms with Gasteiger partial charge in [0, 0.05) is 18.7 Å². The fourth-order valence-corrected chi connectivity index (χ4v) is 3.13. The maximum Gasteiger partial charge on any atom is 0.0738 e. The van der Waals surface area contributed by atoms with Crippen LogP contribution in [0.25, 0.3) is 0 Å². The van der Waals surface area contributed by atoms with Gasteiger partial charge in [0.25, 0.3) is 0 Å². The second-order valence-corrected chi connectivity index (χ2v) is 5.34. The fraction of sp³-hybridized carbons (Fsp3) is 0.667. The summed E-state index contributed by atoms with van der Waals surface area (Å²) >= 11 is 11.1. The Balaban J connectivity index is 2.49. The summed E-state index contributed by atoms with van der Waals surface area (Å²) in [5.41, 5.74) is 2.31. The van der Waals surface area contributed by atoms with Gasteiger partial charge in [-0.05, 0) is 35.0 Å². The zero-order chi connectivity index (χ0) is 10.6. The van der Waals surface area contributed by atoms with E-state index >= 15 is 0 Å². The highest BCUT2D eigenvalue weighted by atomic mass is 79.9. The predicted molar refractivity (Wildman–Crippen MR) is 67.1 cm³/mol. The third-order valence-corrected chi connectivity index (χ3v) is 4.28. The van der Waals surface area contributed by atoms with E-state index in [1.165, 1.54) is 5.69 Å². The number of aryl methyl sites for hydroxylation is 2. The zero-order valence-corrected chi connectivity index (χ0v) is 11.5. The van der Waals surface area contributed by atoms with Crippen molar-refractivity contribution in [1.29, 1.82) is 0 Å². The highest BCUT2D eigenvalue weighted by Gasteiger charge is 2.09. The van der Waals surface area contributed by atoms with Crippen LogP contribution in [0.1, 0.15) is 17.8 Å². The molecule has 14 heavy (non-hydrogen) atoms. The molecule has 0 amide bonds. The van der Waals surface area contributed by atoms with Gasteiger partial charge in [-0.1, -0.05) is 0 Å². The Bertz CT molecular complexity index is 301. The van der Waals surface area contributed by atoms with Crippen LogP contribution in [0.2, 0.25) is 0 Å². The van der Waals surface area contributed by atoms with Crippen LogP contribution in [0.5, 0.6) is 0 Å². The van der Waals surface area contributed by atoms with Gasteiger partial charge in [-0.15, -0.1) is 11.6 Å². The van der Waals surface area contributed by atoms with Gasteiger partial charge in [0.1, 0.15) is 0 Å². The number of halogens is 2. The van der Waals surface area contributed by atoms with Crippen molar-refractivity contribution in [3.8, 4) is 0 Å². The Morgan fingerprint density at radius 1 is 1.57 bits per heavy atom. The van der Waals surface area contributed by atoms with Gasteiger partial charge in [0.15, 0.2) is 0 Å². The molecule has 0 fully saturated rings. The predicted octanol–water partition coefficient (Wildman–Crippen LogP) is 3.35. The number of alkyl halides is 1. The van der Waals surface area contributed by atoms with Gasteiger partial charge in [-0.25, -0.2) is 0 Å². The van der Waals surface area contributed by atoms with Crippen LogP contribution in [0.15, 0.2) is 4.47 Å². The fourth-order valence-electron chi connectivity index (χ4n) is 1.16. The molecule has 0 aliphatic heterocycles. The molecule has 0 saturated heterocycles. The minimum absolute atomic E-state index is 0.749. The second-order valence-electron chi connectivity index (χ2n) is 3.06. The van der Waals surface area contributed by atoms with Gasteiger partial charge in [0.2, 0.25) is 0 Å². The molecule has 1 aromatic heterocycles. The van der Waals surface area contributed by atoms with Crippen molar-refractivity contribution in [3.05, 3.63) is 15.9 Å². The summed E-state index contributed by atoms with van der Waals surface area (Å²) in [6.45, 7) is 2.01. The summed E-state index contributed by atoms with van der Waals surface area (Å²) in [7, 11) is 1.98. The minimum Gasteiger partial charge on any atom is -0.270 e. The summed E-state index contributed by atoms with van der Waals surface area (Å²) < 4.78 is 3.07. The smallest absolute Gasteiger partial charge is 0.0738 e. The molecule has 0 aliphatic rings. The van der Waals surface area contributed by atoms with Crippen molar-refractivity contribution < 1.29 is 0 Å². The molecule has 2 nitrogen and oxygen atoms in total. The molecule has 0 radical (unpaired) electrons. The minimum atomic E-state index is 0.749. The number of hydrogen-bond donors (Lipinski definition) is 0.